The highest BCUT2D eigenvalue weighted by molar-refractivity contribution is 6.03. The minimum absolute atomic E-state index is 0.159. The lowest BCUT2D eigenvalue weighted by atomic mass is 9.99. The number of likely N-dealkylation sites (tertiary alicyclic amines) is 1. The number of rotatable bonds is 6. The third-order valence-electron chi connectivity index (χ3n) is 5.48. The van der Waals surface area contributed by atoms with Gasteiger partial charge < -0.3 is 19.4 Å². The van der Waals surface area contributed by atoms with Crippen LogP contribution < -0.4 is 5.32 Å². The van der Waals surface area contributed by atoms with Crippen LogP contribution in [0.4, 0.5) is 5.69 Å². The van der Waals surface area contributed by atoms with E-state index in [1.54, 1.807) is 37.3 Å². The molecule has 1 saturated heterocycles. The largest absolute Gasteiger partial charge is 0.459 e. The average molecular weight is 412 g/mol. The van der Waals surface area contributed by atoms with Crippen molar-refractivity contribution in [2.24, 2.45) is 0 Å². The normalized spacial score (nSPS) is 17.3. The number of nitrogens with zero attached hydrogens (tertiary/aromatic N) is 1. The van der Waals surface area contributed by atoms with Crippen LogP contribution in [0.15, 0.2) is 41.0 Å². The maximum atomic E-state index is 12.8. The Balaban J connectivity index is 1.67. The molecule has 7 nitrogen and oxygen atoms in total. The molecule has 2 amide bonds. The van der Waals surface area contributed by atoms with Crippen molar-refractivity contribution in [3.8, 4) is 0 Å². The summed E-state index contributed by atoms with van der Waals surface area (Å²) in [6, 6.07) is 8.27. The summed E-state index contributed by atoms with van der Waals surface area (Å²) in [5.74, 6) is -0.996. The molecule has 2 aromatic rings. The molecule has 0 spiro atoms. The van der Waals surface area contributed by atoms with Gasteiger partial charge >= 0.3 is 5.97 Å². The van der Waals surface area contributed by atoms with E-state index in [9.17, 15) is 14.4 Å². The van der Waals surface area contributed by atoms with Crippen LogP contribution >= 0.6 is 0 Å². The molecule has 0 unspecified atom stereocenters. The van der Waals surface area contributed by atoms with E-state index in [1.165, 1.54) is 6.26 Å². The van der Waals surface area contributed by atoms with Crippen LogP contribution in [-0.2, 0) is 9.53 Å². The molecule has 1 N–H and O–H groups in total. The van der Waals surface area contributed by atoms with Crippen molar-refractivity contribution in [1.29, 1.82) is 0 Å². The minimum atomic E-state index is -0.868. The number of piperidine rings is 1. The Morgan fingerprint density at radius 3 is 2.77 bits per heavy atom. The van der Waals surface area contributed by atoms with Gasteiger partial charge in [0, 0.05) is 18.3 Å². The molecule has 0 aliphatic carbocycles. The minimum Gasteiger partial charge on any atom is -0.459 e. The predicted molar refractivity (Wildman–Crippen MR) is 112 cm³/mol. The first-order chi connectivity index (χ1) is 14.4. The summed E-state index contributed by atoms with van der Waals surface area (Å²) in [6.07, 6.45) is 4.51. The summed E-state index contributed by atoms with van der Waals surface area (Å²) < 4.78 is 10.5. The molecule has 1 fully saturated rings. The molecule has 1 aliphatic rings. The van der Waals surface area contributed by atoms with E-state index in [4.69, 9.17) is 9.15 Å². The first-order valence-electron chi connectivity index (χ1n) is 10.4. The lowest BCUT2D eigenvalue weighted by Crippen LogP contribution is -2.48. The Morgan fingerprint density at radius 2 is 2.07 bits per heavy atom. The number of anilines is 1. The van der Waals surface area contributed by atoms with Crippen molar-refractivity contribution in [2.45, 2.75) is 58.6 Å². The van der Waals surface area contributed by atoms with Gasteiger partial charge in [-0.25, -0.2) is 4.79 Å². The van der Waals surface area contributed by atoms with E-state index in [-0.39, 0.29) is 23.3 Å². The van der Waals surface area contributed by atoms with Gasteiger partial charge in [-0.1, -0.05) is 13.0 Å². The molecular weight excluding hydrogens is 384 g/mol. The zero-order valence-electron chi connectivity index (χ0n) is 17.6. The molecule has 1 aliphatic heterocycles. The Morgan fingerprint density at radius 1 is 1.27 bits per heavy atom. The van der Waals surface area contributed by atoms with Gasteiger partial charge in [-0.3, -0.25) is 9.59 Å². The van der Waals surface area contributed by atoms with Crippen LogP contribution in [0.5, 0.6) is 0 Å². The Labute approximate surface area is 176 Å². The first-order valence-corrected chi connectivity index (χ1v) is 10.4. The number of carbonyl (C=O) groups is 3. The number of esters is 1. The number of aryl methyl sites for hydroxylation is 1. The van der Waals surface area contributed by atoms with Crippen molar-refractivity contribution in [3.05, 3.63) is 53.5 Å². The number of carbonyl (C=O) groups excluding carboxylic acids is 3. The first kappa shape index (κ1) is 21.6. The molecule has 0 saturated carbocycles. The quantitative estimate of drug-likeness (QED) is 0.719. The van der Waals surface area contributed by atoms with Gasteiger partial charge in [-0.05, 0) is 69.4 Å². The zero-order chi connectivity index (χ0) is 21.7. The topological polar surface area (TPSA) is 88.9 Å². The van der Waals surface area contributed by atoms with Gasteiger partial charge in [0.1, 0.15) is 0 Å². The zero-order valence-corrected chi connectivity index (χ0v) is 17.6. The number of hydrogen-bond acceptors (Lipinski definition) is 5. The second-order valence-corrected chi connectivity index (χ2v) is 7.60. The van der Waals surface area contributed by atoms with Crippen molar-refractivity contribution >= 4 is 23.5 Å². The van der Waals surface area contributed by atoms with Crippen LogP contribution in [0.3, 0.4) is 0 Å². The van der Waals surface area contributed by atoms with Gasteiger partial charge in [0.25, 0.3) is 11.8 Å². The molecule has 30 heavy (non-hydrogen) atoms. The fourth-order valence-corrected chi connectivity index (χ4v) is 3.70. The number of furan rings is 1. The number of benzene rings is 1. The van der Waals surface area contributed by atoms with Crippen LogP contribution in [0.1, 0.15) is 66.0 Å². The SMILES string of the molecule is CC[C@H]1CCCCN1C(=O)[C@H](C)OC(=O)c1ccc(C)c(NC(=O)c2ccco2)c1. The standard InChI is InChI=1S/C23H28N2O5/c1-4-18-8-5-6-12-25(18)22(27)16(3)30-23(28)17-11-10-15(2)19(14-17)24-21(26)20-9-7-13-29-20/h7,9-11,13-14,16,18H,4-6,8,12H2,1-3H3,(H,24,26)/t16-,18-/m0/s1. The number of ether oxygens (including phenoxy) is 1. The number of nitrogens with one attached hydrogen (secondary N) is 1. The highest BCUT2D eigenvalue weighted by Gasteiger charge is 2.30. The maximum Gasteiger partial charge on any atom is 0.338 e. The van der Waals surface area contributed by atoms with Gasteiger partial charge in [-0.15, -0.1) is 0 Å². The molecule has 2 atom stereocenters. The summed E-state index contributed by atoms with van der Waals surface area (Å²) in [5.41, 5.74) is 1.53. The van der Waals surface area contributed by atoms with Crippen molar-refractivity contribution in [1.82, 2.24) is 4.90 Å². The molecular formula is C23H28N2O5. The van der Waals surface area contributed by atoms with E-state index >= 15 is 0 Å². The lowest BCUT2D eigenvalue weighted by molar-refractivity contribution is -0.143. The van der Waals surface area contributed by atoms with Crippen LogP contribution in [0.2, 0.25) is 0 Å². The van der Waals surface area contributed by atoms with Gasteiger partial charge in [0.15, 0.2) is 11.9 Å². The smallest absolute Gasteiger partial charge is 0.338 e. The van der Waals surface area contributed by atoms with Crippen LogP contribution in [0, 0.1) is 6.92 Å². The van der Waals surface area contributed by atoms with E-state index in [0.717, 1.165) is 31.2 Å². The fourth-order valence-electron chi connectivity index (χ4n) is 3.70. The molecule has 1 aromatic heterocycles. The summed E-state index contributed by atoms with van der Waals surface area (Å²) in [5, 5.41) is 2.73. The van der Waals surface area contributed by atoms with E-state index in [1.807, 2.05) is 11.8 Å². The summed E-state index contributed by atoms with van der Waals surface area (Å²) in [6.45, 7) is 6.19. The van der Waals surface area contributed by atoms with E-state index in [2.05, 4.69) is 12.2 Å². The third kappa shape index (κ3) is 4.90. The number of hydrogen-bond donors (Lipinski definition) is 1. The van der Waals surface area contributed by atoms with Gasteiger partial charge in [0.05, 0.1) is 11.8 Å². The highest BCUT2D eigenvalue weighted by Crippen LogP contribution is 2.22. The van der Waals surface area contributed by atoms with Gasteiger partial charge in [0.2, 0.25) is 0 Å². The number of amides is 2. The summed E-state index contributed by atoms with van der Waals surface area (Å²) in [7, 11) is 0. The second kappa shape index (κ2) is 9.61. The van der Waals surface area contributed by atoms with Crippen LogP contribution in [0.25, 0.3) is 0 Å². The molecule has 7 heteroatoms. The summed E-state index contributed by atoms with van der Waals surface area (Å²) in [4.78, 5) is 39.5. The molecule has 1 aromatic carbocycles. The predicted octanol–water partition coefficient (Wildman–Crippen LogP) is 4.18. The summed E-state index contributed by atoms with van der Waals surface area (Å²) >= 11 is 0. The van der Waals surface area contributed by atoms with Crippen molar-refractivity contribution in [2.75, 3.05) is 11.9 Å². The van der Waals surface area contributed by atoms with Crippen molar-refractivity contribution in [3.63, 3.8) is 0 Å². The van der Waals surface area contributed by atoms with E-state index in [0.29, 0.717) is 12.2 Å². The monoisotopic (exact) mass is 412 g/mol. The molecule has 0 radical (unpaired) electrons. The van der Waals surface area contributed by atoms with Crippen LogP contribution in [-0.4, -0.2) is 41.4 Å². The Bertz CT molecular complexity index is 906. The molecule has 0 bridgehead atoms. The Kier molecular flexibility index (Phi) is 6.92. The lowest BCUT2D eigenvalue weighted by Gasteiger charge is -2.36. The van der Waals surface area contributed by atoms with E-state index < -0.39 is 18.0 Å². The molecule has 160 valence electrons. The fraction of sp³-hybridized carbons (Fsp3) is 0.435. The molecule has 2 heterocycles. The van der Waals surface area contributed by atoms with Gasteiger partial charge in [-0.2, -0.15) is 0 Å². The Hall–Kier alpha value is -3.09. The highest BCUT2D eigenvalue weighted by atomic mass is 16.5. The average Bonchev–Trinajstić information content (AvgIpc) is 3.29. The van der Waals surface area contributed by atoms with Crippen molar-refractivity contribution < 1.29 is 23.5 Å². The maximum absolute atomic E-state index is 12.8. The third-order valence-corrected chi connectivity index (χ3v) is 5.48. The second-order valence-electron chi connectivity index (χ2n) is 7.60. The molecule has 3 rings (SSSR count).